The Kier molecular flexibility index (Phi) is 4.71. The van der Waals surface area contributed by atoms with Gasteiger partial charge in [-0.25, -0.2) is 0 Å². The number of morpholine rings is 1. The quantitative estimate of drug-likeness (QED) is 0.840. The predicted molar refractivity (Wildman–Crippen MR) is 94.1 cm³/mol. The van der Waals surface area contributed by atoms with Gasteiger partial charge in [-0.15, -0.1) is 10.2 Å². The van der Waals surface area contributed by atoms with Gasteiger partial charge in [0.15, 0.2) is 0 Å². The Labute approximate surface area is 152 Å². The second kappa shape index (κ2) is 7.14. The highest BCUT2D eigenvalue weighted by Crippen LogP contribution is 2.25. The third-order valence-corrected chi connectivity index (χ3v) is 5.05. The van der Waals surface area contributed by atoms with Gasteiger partial charge in [-0.3, -0.25) is 14.3 Å². The van der Waals surface area contributed by atoms with Crippen molar-refractivity contribution in [1.29, 1.82) is 0 Å². The molecule has 2 aromatic rings. The molecule has 2 aliphatic rings. The number of β-amino-alcohol motifs (C(OH)–C–C–N with tert-alkyl or cyclic N) is 1. The third-order valence-electron chi connectivity index (χ3n) is 5.05. The van der Waals surface area contributed by atoms with Gasteiger partial charge in [-0.1, -0.05) is 6.07 Å². The van der Waals surface area contributed by atoms with Crippen molar-refractivity contribution in [2.75, 3.05) is 45.9 Å². The van der Waals surface area contributed by atoms with Gasteiger partial charge in [0, 0.05) is 37.4 Å². The fraction of sp³-hybridized carbons (Fsp3) is 0.500. The topological polar surface area (TPSA) is 83.7 Å². The summed E-state index contributed by atoms with van der Waals surface area (Å²) in [5.41, 5.74) is 0.592. The summed E-state index contributed by atoms with van der Waals surface area (Å²) in [5.74, 6) is -0.0576. The summed E-state index contributed by atoms with van der Waals surface area (Å²) in [6.45, 7) is 4.58. The summed E-state index contributed by atoms with van der Waals surface area (Å²) in [5, 5.41) is 18.5. The van der Waals surface area contributed by atoms with Crippen molar-refractivity contribution in [3.05, 3.63) is 42.5 Å². The van der Waals surface area contributed by atoms with Crippen molar-refractivity contribution < 1.29 is 14.6 Å². The highest BCUT2D eigenvalue weighted by molar-refractivity contribution is 5.95. The summed E-state index contributed by atoms with van der Waals surface area (Å²) in [6, 6.07) is 7.37. The standard InChI is InChI=1S/C18H23N5O3/c24-17(15-2-1-3-16(10-15)23-13-19-20-14-23)22-5-4-18(25,12-22)11-21-6-8-26-9-7-21/h1-3,10,13-14,25H,4-9,11-12H2. The molecule has 1 atom stereocenters. The molecule has 138 valence electrons. The van der Waals surface area contributed by atoms with E-state index in [1.807, 2.05) is 18.2 Å². The van der Waals surface area contributed by atoms with Crippen LogP contribution in [0.4, 0.5) is 0 Å². The van der Waals surface area contributed by atoms with Crippen LogP contribution in [0, 0.1) is 0 Å². The molecule has 0 aliphatic carbocycles. The van der Waals surface area contributed by atoms with Crippen LogP contribution in [0.3, 0.4) is 0 Å². The average molecular weight is 357 g/mol. The van der Waals surface area contributed by atoms with E-state index in [0.29, 0.717) is 44.8 Å². The first-order valence-corrected chi connectivity index (χ1v) is 8.90. The number of aromatic nitrogens is 3. The molecule has 8 nitrogen and oxygen atoms in total. The highest BCUT2D eigenvalue weighted by atomic mass is 16.5. The van der Waals surface area contributed by atoms with Gasteiger partial charge in [0.25, 0.3) is 5.91 Å². The van der Waals surface area contributed by atoms with Crippen LogP contribution in [0.1, 0.15) is 16.8 Å². The number of nitrogens with zero attached hydrogens (tertiary/aromatic N) is 5. The van der Waals surface area contributed by atoms with Crippen molar-refractivity contribution in [2.24, 2.45) is 0 Å². The maximum absolute atomic E-state index is 12.9. The van der Waals surface area contributed by atoms with Crippen LogP contribution in [0.5, 0.6) is 0 Å². The Hall–Kier alpha value is -2.29. The molecule has 0 radical (unpaired) electrons. The summed E-state index contributed by atoms with van der Waals surface area (Å²) in [7, 11) is 0. The number of hydrogen-bond donors (Lipinski definition) is 1. The average Bonchev–Trinajstić information content (AvgIpc) is 3.32. The number of benzene rings is 1. The molecule has 26 heavy (non-hydrogen) atoms. The van der Waals surface area contributed by atoms with E-state index in [2.05, 4.69) is 15.1 Å². The number of aliphatic hydroxyl groups is 1. The van der Waals surface area contributed by atoms with Crippen molar-refractivity contribution >= 4 is 5.91 Å². The maximum Gasteiger partial charge on any atom is 0.254 e. The molecule has 1 unspecified atom stereocenters. The zero-order valence-electron chi connectivity index (χ0n) is 14.6. The zero-order valence-corrected chi connectivity index (χ0v) is 14.6. The summed E-state index contributed by atoms with van der Waals surface area (Å²) >= 11 is 0. The van der Waals surface area contributed by atoms with Crippen LogP contribution in [-0.4, -0.2) is 87.1 Å². The molecule has 2 saturated heterocycles. The van der Waals surface area contributed by atoms with E-state index in [9.17, 15) is 9.90 Å². The van der Waals surface area contributed by atoms with E-state index in [-0.39, 0.29) is 5.91 Å². The SMILES string of the molecule is O=C(c1cccc(-n2cnnc2)c1)N1CCC(O)(CN2CCOCC2)C1. The number of rotatable bonds is 4. The molecule has 0 saturated carbocycles. The first-order chi connectivity index (χ1) is 12.6. The molecule has 2 aliphatic heterocycles. The van der Waals surface area contributed by atoms with Crippen molar-refractivity contribution in [3.8, 4) is 5.69 Å². The normalized spacial score (nSPS) is 24.1. The molecular weight excluding hydrogens is 334 g/mol. The Morgan fingerprint density at radius 2 is 1.96 bits per heavy atom. The Bertz CT molecular complexity index is 760. The first-order valence-electron chi connectivity index (χ1n) is 8.90. The summed E-state index contributed by atoms with van der Waals surface area (Å²) in [6.07, 6.45) is 3.79. The minimum absolute atomic E-state index is 0.0576. The lowest BCUT2D eigenvalue weighted by Gasteiger charge is -2.33. The van der Waals surface area contributed by atoms with Gasteiger partial charge in [-0.2, -0.15) is 0 Å². The van der Waals surface area contributed by atoms with Gasteiger partial charge in [0.2, 0.25) is 0 Å². The molecule has 1 aromatic heterocycles. The molecule has 8 heteroatoms. The second-order valence-electron chi connectivity index (χ2n) is 7.01. The number of hydrogen-bond acceptors (Lipinski definition) is 6. The van der Waals surface area contributed by atoms with E-state index >= 15 is 0 Å². The van der Waals surface area contributed by atoms with Crippen LogP contribution in [0.2, 0.25) is 0 Å². The molecule has 3 heterocycles. The number of carbonyl (C=O) groups is 1. The zero-order chi connectivity index (χ0) is 18.0. The van der Waals surface area contributed by atoms with Crippen molar-refractivity contribution in [1.82, 2.24) is 24.6 Å². The molecule has 1 amide bonds. The van der Waals surface area contributed by atoms with E-state index in [1.54, 1.807) is 28.2 Å². The molecule has 1 N–H and O–H groups in total. The number of likely N-dealkylation sites (tertiary alicyclic amines) is 1. The predicted octanol–water partition coefficient (Wildman–Crippen LogP) is 0.177. The van der Waals surface area contributed by atoms with Crippen LogP contribution in [0.25, 0.3) is 5.69 Å². The summed E-state index contributed by atoms with van der Waals surface area (Å²) in [4.78, 5) is 16.8. The van der Waals surface area contributed by atoms with Crippen LogP contribution >= 0.6 is 0 Å². The third kappa shape index (κ3) is 3.62. The molecule has 4 rings (SSSR count). The van der Waals surface area contributed by atoms with Crippen LogP contribution < -0.4 is 0 Å². The van der Waals surface area contributed by atoms with Gasteiger partial charge >= 0.3 is 0 Å². The van der Waals surface area contributed by atoms with E-state index in [1.165, 1.54) is 0 Å². The van der Waals surface area contributed by atoms with Crippen LogP contribution in [-0.2, 0) is 4.74 Å². The van der Waals surface area contributed by atoms with E-state index in [0.717, 1.165) is 18.8 Å². The van der Waals surface area contributed by atoms with E-state index in [4.69, 9.17) is 4.74 Å². The smallest absolute Gasteiger partial charge is 0.254 e. The number of carbonyl (C=O) groups excluding carboxylic acids is 1. The minimum atomic E-state index is -0.848. The Morgan fingerprint density at radius 3 is 2.73 bits per heavy atom. The first kappa shape index (κ1) is 17.1. The maximum atomic E-state index is 12.9. The molecule has 1 aromatic carbocycles. The van der Waals surface area contributed by atoms with Crippen molar-refractivity contribution in [2.45, 2.75) is 12.0 Å². The van der Waals surface area contributed by atoms with Gasteiger partial charge in [-0.05, 0) is 24.6 Å². The largest absolute Gasteiger partial charge is 0.387 e. The van der Waals surface area contributed by atoms with E-state index < -0.39 is 5.60 Å². The number of amides is 1. The molecule has 0 bridgehead atoms. The minimum Gasteiger partial charge on any atom is -0.387 e. The van der Waals surface area contributed by atoms with Crippen LogP contribution in [0.15, 0.2) is 36.9 Å². The Morgan fingerprint density at radius 1 is 1.19 bits per heavy atom. The monoisotopic (exact) mass is 357 g/mol. The van der Waals surface area contributed by atoms with Crippen molar-refractivity contribution in [3.63, 3.8) is 0 Å². The second-order valence-corrected chi connectivity index (χ2v) is 7.01. The lowest BCUT2D eigenvalue weighted by molar-refractivity contribution is -0.0257. The molecule has 2 fully saturated rings. The highest BCUT2D eigenvalue weighted by Gasteiger charge is 2.39. The van der Waals surface area contributed by atoms with Gasteiger partial charge < -0.3 is 14.7 Å². The lowest BCUT2D eigenvalue weighted by Crippen LogP contribution is -2.49. The van der Waals surface area contributed by atoms with Gasteiger partial charge in [0.1, 0.15) is 12.7 Å². The Balaban J connectivity index is 1.43. The fourth-order valence-corrected chi connectivity index (χ4v) is 3.65. The molecular formula is C18H23N5O3. The molecule has 0 spiro atoms. The number of ether oxygens (including phenoxy) is 1. The lowest BCUT2D eigenvalue weighted by atomic mass is 10.0. The van der Waals surface area contributed by atoms with Gasteiger partial charge in [0.05, 0.1) is 25.4 Å². The summed E-state index contributed by atoms with van der Waals surface area (Å²) < 4.78 is 7.12. The fourth-order valence-electron chi connectivity index (χ4n) is 3.65.